The van der Waals surface area contributed by atoms with Crippen molar-refractivity contribution in [2.45, 2.75) is 26.7 Å². The Hall–Kier alpha value is -1.64. The van der Waals surface area contributed by atoms with E-state index in [2.05, 4.69) is 16.9 Å². The van der Waals surface area contributed by atoms with Crippen molar-refractivity contribution in [3.63, 3.8) is 0 Å². The highest BCUT2D eigenvalue weighted by atomic mass is 16.1. The van der Waals surface area contributed by atoms with Crippen molar-refractivity contribution < 1.29 is 1.43 Å². The highest BCUT2D eigenvalue weighted by Gasteiger charge is 2.02. The number of hydrogen-bond acceptors (Lipinski definition) is 2. The average Bonchev–Trinajstić information content (AvgIpc) is 2.27. The number of fused-ring (bicyclic) bond motifs is 1. The zero-order chi connectivity index (χ0) is 10.8. The number of benzene rings is 1. The van der Waals surface area contributed by atoms with E-state index in [1.54, 1.807) is 0 Å². The Balaban J connectivity index is 0.00000128. The van der Waals surface area contributed by atoms with Gasteiger partial charge in [0.15, 0.2) is 0 Å². The van der Waals surface area contributed by atoms with Crippen molar-refractivity contribution in [2.75, 3.05) is 0 Å². The van der Waals surface area contributed by atoms with E-state index in [4.69, 9.17) is 0 Å². The van der Waals surface area contributed by atoms with Gasteiger partial charge in [0.05, 0.1) is 11.0 Å². The van der Waals surface area contributed by atoms with Crippen molar-refractivity contribution >= 4 is 11.0 Å². The fourth-order valence-corrected chi connectivity index (χ4v) is 1.63. The van der Waals surface area contributed by atoms with Crippen LogP contribution in [-0.4, -0.2) is 9.97 Å². The largest absolute Gasteiger partial charge is 0.319 e. The van der Waals surface area contributed by atoms with Gasteiger partial charge in [-0.3, -0.25) is 4.79 Å². The fraction of sp³-hybridized carbons (Fsp3) is 0.333. The smallest absolute Gasteiger partial charge is 0.270 e. The van der Waals surface area contributed by atoms with Gasteiger partial charge < -0.3 is 4.98 Å². The second kappa shape index (κ2) is 3.85. The van der Waals surface area contributed by atoms with Crippen molar-refractivity contribution in [1.82, 2.24) is 9.97 Å². The van der Waals surface area contributed by atoms with Gasteiger partial charge >= 0.3 is 0 Å². The van der Waals surface area contributed by atoms with E-state index in [-0.39, 0.29) is 6.99 Å². The number of rotatable bonds is 2. The summed E-state index contributed by atoms with van der Waals surface area (Å²) in [4.78, 5) is 18.7. The quantitative estimate of drug-likeness (QED) is 0.815. The third-order valence-corrected chi connectivity index (χ3v) is 2.57. The van der Waals surface area contributed by atoms with E-state index in [0.717, 1.165) is 17.5 Å². The molecule has 15 heavy (non-hydrogen) atoms. The minimum Gasteiger partial charge on any atom is -0.319 e. The van der Waals surface area contributed by atoms with Crippen LogP contribution in [0.2, 0.25) is 0 Å². The highest BCUT2D eigenvalue weighted by molar-refractivity contribution is 5.74. The Kier molecular flexibility index (Phi) is 2.54. The molecule has 1 heterocycles. The summed E-state index contributed by atoms with van der Waals surface area (Å²) in [6.07, 6.45) is 1.65. The van der Waals surface area contributed by atoms with Gasteiger partial charge in [-0.15, -0.1) is 0 Å². The van der Waals surface area contributed by atoms with Crippen LogP contribution in [0.1, 0.15) is 26.5 Å². The summed E-state index contributed by atoms with van der Waals surface area (Å²) >= 11 is 0. The number of aromatic amines is 1. The van der Waals surface area contributed by atoms with Crippen LogP contribution in [0.3, 0.4) is 0 Å². The summed E-state index contributed by atoms with van der Waals surface area (Å²) in [6, 6.07) is 5.97. The van der Waals surface area contributed by atoms with Crippen LogP contribution in [0.25, 0.3) is 11.0 Å². The third kappa shape index (κ3) is 1.77. The van der Waals surface area contributed by atoms with Crippen LogP contribution in [0.15, 0.2) is 23.0 Å². The standard InChI is InChI=1S/C12H14N2O.H2/c1-3-8-5-6-10-11(7-8)13-9(4-2)12(15)14-10;/h5-7H,3-4H2,1-2H3,(H,14,15);1H. The van der Waals surface area contributed by atoms with Crippen molar-refractivity contribution in [2.24, 2.45) is 0 Å². The molecule has 0 aliphatic heterocycles. The normalized spacial score (nSPS) is 10.8. The van der Waals surface area contributed by atoms with Crippen LogP contribution in [0.4, 0.5) is 0 Å². The maximum atomic E-state index is 11.5. The summed E-state index contributed by atoms with van der Waals surface area (Å²) in [5, 5.41) is 0. The Morgan fingerprint density at radius 3 is 2.80 bits per heavy atom. The summed E-state index contributed by atoms with van der Waals surface area (Å²) in [6.45, 7) is 4.04. The van der Waals surface area contributed by atoms with Gasteiger partial charge in [0.1, 0.15) is 5.69 Å². The van der Waals surface area contributed by atoms with E-state index in [0.29, 0.717) is 12.1 Å². The zero-order valence-electron chi connectivity index (χ0n) is 9.00. The number of nitrogens with one attached hydrogen (secondary N) is 1. The lowest BCUT2D eigenvalue weighted by molar-refractivity contribution is 0.994. The number of hydrogen-bond donors (Lipinski definition) is 1. The first-order valence-electron chi connectivity index (χ1n) is 5.26. The van der Waals surface area contributed by atoms with E-state index in [1.165, 1.54) is 5.56 Å². The molecule has 0 saturated carbocycles. The molecule has 0 aliphatic rings. The van der Waals surface area contributed by atoms with Gasteiger partial charge in [0, 0.05) is 1.43 Å². The molecule has 2 rings (SSSR count). The van der Waals surface area contributed by atoms with Crippen molar-refractivity contribution in [3.05, 3.63) is 39.8 Å². The molecule has 80 valence electrons. The van der Waals surface area contributed by atoms with Gasteiger partial charge in [-0.25, -0.2) is 4.98 Å². The first kappa shape index (κ1) is 9.90. The monoisotopic (exact) mass is 204 g/mol. The molecule has 3 nitrogen and oxygen atoms in total. The van der Waals surface area contributed by atoms with E-state index < -0.39 is 0 Å². The lowest BCUT2D eigenvalue weighted by Crippen LogP contribution is -2.14. The first-order chi connectivity index (χ1) is 7.24. The number of nitrogens with zero attached hydrogens (tertiary/aromatic N) is 1. The van der Waals surface area contributed by atoms with Gasteiger partial charge in [0.25, 0.3) is 5.56 Å². The molecule has 0 fully saturated rings. The van der Waals surface area contributed by atoms with Crippen molar-refractivity contribution in [1.29, 1.82) is 0 Å². The van der Waals surface area contributed by atoms with Gasteiger partial charge in [0.2, 0.25) is 0 Å². The highest BCUT2D eigenvalue weighted by Crippen LogP contribution is 2.11. The SMILES string of the molecule is CCc1ccc2[nH]c(=O)c(CC)nc2c1.[HH]. The third-order valence-electron chi connectivity index (χ3n) is 2.57. The van der Waals surface area contributed by atoms with Crippen LogP contribution >= 0.6 is 0 Å². The fourth-order valence-electron chi connectivity index (χ4n) is 1.63. The molecule has 0 saturated heterocycles. The van der Waals surface area contributed by atoms with Gasteiger partial charge in [-0.2, -0.15) is 0 Å². The van der Waals surface area contributed by atoms with E-state index in [9.17, 15) is 4.79 Å². The molecule has 1 aromatic heterocycles. The predicted octanol–water partition coefficient (Wildman–Crippen LogP) is 2.29. The molecular weight excluding hydrogens is 188 g/mol. The first-order valence-corrected chi connectivity index (χ1v) is 5.26. The Morgan fingerprint density at radius 1 is 1.33 bits per heavy atom. The topological polar surface area (TPSA) is 45.8 Å². The molecule has 3 heteroatoms. The maximum absolute atomic E-state index is 11.5. The van der Waals surface area contributed by atoms with Crippen LogP contribution in [0.5, 0.6) is 0 Å². The van der Waals surface area contributed by atoms with Gasteiger partial charge in [-0.05, 0) is 30.5 Å². The molecule has 1 aromatic carbocycles. The Labute approximate surface area is 89.7 Å². The minimum atomic E-state index is -0.0748. The summed E-state index contributed by atoms with van der Waals surface area (Å²) in [7, 11) is 0. The van der Waals surface area contributed by atoms with E-state index >= 15 is 0 Å². The second-order valence-electron chi connectivity index (χ2n) is 3.57. The van der Waals surface area contributed by atoms with Crippen LogP contribution < -0.4 is 5.56 Å². The summed E-state index contributed by atoms with van der Waals surface area (Å²) in [5.41, 5.74) is 3.47. The zero-order valence-corrected chi connectivity index (χ0v) is 9.00. The minimum absolute atomic E-state index is 0. The average molecular weight is 204 g/mol. The van der Waals surface area contributed by atoms with Crippen LogP contribution in [0, 0.1) is 0 Å². The number of aryl methyl sites for hydroxylation is 2. The maximum Gasteiger partial charge on any atom is 0.270 e. The number of H-pyrrole nitrogens is 1. The van der Waals surface area contributed by atoms with Crippen molar-refractivity contribution in [3.8, 4) is 0 Å². The van der Waals surface area contributed by atoms with E-state index in [1.807, 2.05) is 25.1 Å². The lowest BCUT2D eigenvalue weighted by Gasteiger charge is -2.02. The van der Waals surface area contributed by atoms with Crippen LogP contribution in [-0.2, 0) is 12.8 Å². The molecule has 0 radical (unpaired) electrons. The Bertz CT molecular complexity index is 548. The molecule has 1 N–H and O–H groups in total. The lowest BCUT2D eigenvalue weighted by atomic mass is 10.1. The summed E-state index contributed by atoms with van der Waals surface area (Å²) < 4.78 is 0. The molecule has 0 unspecified atom stereocenters. The molecule has 0 bridgehead atoms. The molecule has 0 spiro atoms. The molecule has 0 aliphatic carbocycles. The number of aromatic nitrogens is 2. The molecule has 0 amide bonds. The second-order valence-corrected chi connectivity index (χ2v) is 3.57. The van der Waals surface area contributed by atoms with Gasteiger partial charge in [-0.1, -0.05) is 19.9 Å². The Morgan fingerprint density at radius 2 is 2.13 bits per heavy atom. The molecule has 2 aromatic rings. The summed E-state index contributed by atoms with van der Waals surface area (Å²) in [5.74, 6) is 0. The molecule has 0 atom stereocenters. The molecular formula is C12H16N2O. The predicted molar refractivity (Wildman–Crippen MR) is 63.2 cm³/mol.